The molecule has 0 saturated carbocycles. The second kappa shape index (κ2) is 8.77. The van der Waals surface area contributed by atoms with E-state index in [9.17, 15) is 14.9 Å². The molecule has 3 rings (SSSR count). The first-order chi connectivity index (χ1) is 13.0. The molecule has 0 saturated heterocycles. The van der Waals surface area contributed by atoms with Gasteiger partial charge in [-0.3, -0.25) is 20.2 Å². The highest BCUT2D eigenvalue weighted by Crippen LogP contribution is 2.27. The zero-order valence-corrected chi connectivity index (χ0v) is 15.7. The lowest BCUT2D eigenvalue weighted by molar-refractivity contribution is -0.384. The molecular formula is C19H16ClN3O3S. The number of carbonyl (C=O) groups excluding carboxylic acids is 1. The monoisotopic (exact) mass is 401 g/mol. The third-order valence-corrected chi connectivity index (χ3v) is 5.11. The molecule has 3 aromatic rings. The molecule has 0 bridgehead atoms. The van der Waals surface area contributed by atoms with Gasteiger partial charge in [-0.25, -0.2) is 0 Å². The lowest BCUT2D eigenvalue weighted by atomic mass is 10.1. The van der Waals surface area contributed by atoms with Gasteiger partial charge >= 0.3 is 0 Å². The van der Waals surface area contributed by atoms with E-state index >= 15 is 0 Å². The van der Waals surface area contributed by atoms with E-state index in [1.54, 1.807) is 11.3 Å². The van der Waals surface area contributed by atoms with Crippen LogP contribution in [0.2, 0.25) is 5.02 Å². The zero-order valence-electron chi connectivity index (χ0n) is 14.1. The minimum Gasteiger partial charge on any atom is -0.324 e. The van der Waals surface area contributed by atoms with Crippen LogP contribution in [-0.2, 0) is 4.79 Å². The van der Waals surface area contributed by atoms with Crippen molar-refractivity contribution in [3.63, 3.8) is 0 Å². The number of halogens is 1. The van der Waals surface area contributed by atoms with Crippen molar-refractivity contribution in [1.82, 2.24) is 5.32 Å². The molecule has 0 radical (unpaired) electrons. The highest BCUT2D eigenvalue weighted by Gasteiger charge is 2.17. The van der Waals surface area contributed by atoms with E-state index in [4.69, 9.17) is 11.6 Å². The number of nitrogens with zero attached hydrogens (tertiary/aromatic N) is 1. The summed E-state index contributed by atoms with van der Waals surface area (Å²) in [5, 5.41) is 18.8. The van der Waals surface area contributed by atoms with Crippen LogP contribution in [0.1, 0.15) is 16.5 Å². The molecule has 0 unspecified atom stereocenters. The Balaban J connectivity index is 1.67. The second-order valence-electron chi connectivity index (χ2n) is 5.71. The average molecular weight is 402 g/mol. The van der Waals surface area contributed by atoms with E-state index < -0.39 is 4.92 Å². The first-order valence-electron chi connectivity index (χ1n) is 8.10. The number of thiophene rings is 1. The van der Waals surface area contributed by atoms with Gasteiger partial charge in [0.15, 0.2) is 0 Å². The number of carbonyl (C=O) groups is 1. The average Bonchev–Trinajstić information content (AvgIpc) is 3.19. The number of nitro groups is 1. The minimum atomic E-state index is -0.537. The fraction of sp³-hybridized carbons (Fsp3) is 0.105. The highest BCUT2D eigenvalue weighted by molar-refractivity contribution is 7.10. The van der Waals surface area contributed by atoms with E-state index in [1.807, 2.05) is 47.8 Å². The van der Waals surface area contributed by atoms with E-state index in [0.717, 1.165) is 10.4 Å². The molecule has 8 heteroatoms. The number of nitrogens with one attached hydrogen (secondary N) is 2. The number of amides is 1. The van der Waals surface area contributed by atoms with E-state index in [1.165, 1.54) is 18.2 Å². The van der Waals surface area contributed by atoms with Gasteiger partial charge in [-0.1, -0.05) is 48.0 Å². The van der Waals surface area contributed by atoms with Crippen molar-refractivity contribution in [2.45, 2.75) is 6.04 Å². The molecule has 2 aromatic carbocycles. The van der Waals surface area contributed by atoms with Crippen LogP contribution in [0.3, 0.4) is 0 Å². The smallest absolute Gasteiger partial charge is 0.271 e. The lowest BCUT2D eigenvalue weighted by Gasteiger charge is -2.18. The van der Waals surface area contributed by atoms with Crippen LogP contribution in [0.25, 0.3) is 0 Å². The molecule has 0 spiro atoms. The van der Waals surface area contributed by atoms with Gasteiger partial charge in [0, 0.05) is 17.0 Å². The summed E-state index contributed by atoms with van der Waals surface area (Å²) in [5.41, 5.74) is 1.26. The molecule has 0 aliphatic heterocycles. The topological polar surface area (TPSA) is 84.3 Å². The Morgan fingerprint density at radius 2 is 1.93 bits per heavy atom. The summed E-state index contributed by atoms with van der Waals surface area (Å²) >= 11 is 7.63. The van der Waals surface area contributed by atoms with Crippen LogP contribution in [0.5, 0.6) is 0 Å². The predicted octanol–water partition coefficient (Wildman–Crippen LogP) is 4.63. The first kappa shape index (κ1) is 19.0. The molecule has 2 N–H and O–H groups in total. The second-order valence-corrected chi connectivity index (χ2v) is 7.10. The molecule has 0 aliphatic rings. The maximum absolute atomic E-state index is 12.3. The van der Waals surface area contributed by atoms with Gasteiger partial charge < -0.3 is 5.32 Å². The first-order valence-corrected chi connectivity index (χ1v) is 9.36. The molecule has 6 nitrogen and oxygen atoms in total. The fourth-order valence-electron chi connectivity index (χ4n) is 2.59. The Bertz CT molecular complexity index is 933. The lowest BCUT2D eigenvalue weighted by Crippen LogP contribution is -2.31. The van der Waals surface area contributed by atoms with Crippen molar-refractivity contribution < 1.29 is 9.72 Å². The normalized spacial score (nSPS) is 11.7. The van der Waals surface area contributed by atoms with Gasteiger partial charge in [-0.2, -0.15) is 0 Å². The number of non-ortho nitro benzene ring substituents is 1. The van der Waals surface area contributed by atoms with Crippen LogP contribution >= 0.6 is 22.9 Å². The summed E-state index contributed by atoms with van der Waals surface area (Å²) < 4.78 is 0. The van der Waals surface area contributed by atoms with Crippen LogP contribution in [0, 0.1) is 10.1 Å². The maximum Gasteiger partial charge on any atom is 0.271 e. The van der Waals surface area contributed by atoms with Gasteiger partial charge in [0.2, 0.25) is 5.91 Å². The molecule has 1 heterocycles. The van der Waals surface area contributed by atoms with Gasteiger partial charge in [0.1, 0.15) is 0 Å². The standard InChI is InChI=1S/C19H16ClN3O3S/c20-15-11-14(23(25)26)8-9-16(15)22-18(24)12-21-19(17-7-4-10-27-17)13-5-2-1-3-6-13/h1-11,19,21H,12H2,(H,22,24)/t19-/m0/s1. The number of rotatable bonds is 7. The van der Waals surface area contributed by atoms with E-state index in [0.29, 0.717) is 5.69 Å². The summed E-state index contributed by atoms with van der Waals surface area (Å²) in [7, 11) is 0. The molecule has 27 heavy (non-hydrogen) atoms. The number of hydrogen-bond donors (Lipinski definition) is 2. The van der Waals surface area contributed by atoms with Gasteiger partial charge in [-0.05, 0) is 23.1 Å². The summed E-state index contributed by atoms with van der Waals surface area (Å²) in [4.78, 5) is 23.7. The van der Waals surface area contributed by atoms with Gasteiger partial charge in [-0.15, -0.1) is 11.3 Å². The summed E-state index contributed by atoms with van der Waals surface area (Å²) in [6.45, 7) is 0.0603. The SMILES string of the molecule is O=C(CN[C@@H](c1ccccc1)c1cccs1)Nc1ccc([N+](=O)[O-])cc1Cl. The van der Waals surface area contributed by atoms with Crippen LogP contribution < -0.4 is 10.6 Å². The third kappa shape index (κ3) is 4.91. The van der Waals surface area contributed by atoms with Crippen molar-refractivity contribution in [3.05, 3.63) is 91.6 Å². The van der Waals surface area contributed by atoms with Crippen LogP contribution in [0.4, 0.5) is 11.4 Å². The number of nitro benzene ring substituents is 1. The van der Waals surface area contributed by atoms with Crippen molar-refractivity contribution in [1.29, 1.82) is 0 Å². The number of anilines is 1. The van der Waals surface area contributed by atoms with Crippen molar-refractivity contribution in [2.75, 3.05) is 11.9 Å². The Labute approximate surface area is 164 Å². The Morgan fingerprint density at radius 1 is 1.15 bits per heavy atom. The van der Waals surface area contributed by atoms with Crippen molar-refractivity contribution >= 4 is 40.2 Å². The molecular weight excluding hydrogens is 386 g/mol. The third-order valence-electron chi connectivity index (χ3n) is 3.86. The van der Waals surface area contributed by atoms with Gasteiger partial charge in [0.05, 0.1) is 28.2 Å². The highest BCUT2D eigenvalue weighted by atomic mass is 35.5. The van der Waals surface area contributed by atoms with Crippen molar-refractivity contribution in [3.8, 4) is 0 Å². The number of benzene rings is 2. The Kier molecular flexibility index (Phi) is 6.18. The van der Waals surface area contributed by atoms with Crippen LogP contribution in [0.15, 0.2) is 66.0 Å². The number of hydrogen-bond acceptors (Lipinski definition) is 5. The summed E-state index contributed by atoms with van der Waals surface area (Å²) in [5.74, 6) is -0.289. The van der Waals surface area contributed by atoms with Crippen LogP contribution in [-0.4, -0.2) is 17.4 Å². The molecule has 138 valence electrons. The minimum absolute atomic E-state index is 0.0603. The fourth-order valence-corrected chi connectivity index (χ4v) is 3.64. The molecule has 1 aromatic heterocycles. The largest absolute Gasteiger partial charge is 0.324 e. The molecule has 0 aliphatic carbocycles. The molecule has 1 atom stereocenters. The maximum atomic E-state index is 12.3. The predicted molar refractivity (Wildman–Crippen MR) is 107 cm³/mol. The summed E-state index contributed by atoms with van der Waals surface area (Å²) in [6.07, 6.45) is 0. The summed E-state index contributed by atoms with van der Waals surface area (Å²) in [6, 6.07) is 17.7. The Morgan fingerprint density at radius 3 is 2.56 bits per heavy atom. The Hall–Kier alpha value is -2.74. The van der Waals surface area contributed by atoms with E-state index in [-0.39, 0.29) is 29.2 Å². The molecule has 1 amide bonds. The quantitative estimate of drug-likeness (QED) is 0.446. The van der Waals surface area contributed by atoms with Crippen molar-refractivity contribution in [2.24, 2.45) is 0 Å². The zero-order chi connectivity index (χ0) is 19.2. The van der Waals surface area contributed by atoms with E-state index in [2.05, 4.69) is 10.6 Å². The van der Waals surface area contributed by atoms with Gasteiger partial charge in [0.25, 0.3) is 5.69 Å². The molecule has 0 fully saturated rings.